The lowest BCUT2D eigenvalue weighted by atomic mass is 10.1. The van der Waals surface area contributed by atoms with Crippen molar-refractivity contribution in [2.75, 3.05) is 0 Å². The zero-order valence-corrected chi connectivity index (χ0v) is 13.1. The van der Waals surface area contributed by atoms with Gasteiger partial charge in [-0.25, -0.2) is 4.98 Å². The van der Waals surface area contributed by atoms with Gasteiger partial charge in [0, 0.05) is 5.56 Å². The number of hydrogen-bond donors (Lipinski definition) is 0. The molecule has 0 bridgehead atoms. The van der Waals surface area contributed by atoms with Crippen molar-refractivity contribution in [2.24, 2.45) is 0 Å². The third kappa shape index (κ3) is 3.25. The third-order valence-electron chi connectivity index (χ3n) is 2.53. The van der Waals surface area contributed by atoms with Crippen molar-refractivity contribution in [1.82, 2.24) is 4.98 Å². The largest absolute Gasteiger partial charge is 0.432 e. The number of oxazole rings is 1. The number of hydrogen-bond acceptors (Lipinski definition) is 2. The van der Waals surface area contributed by atoms with Crippen LogP contribution in [0.25, 0.3) is 11.3 Å². The van der Waals surface area contributed by atoms with Crippen molar-refractivity contribution in [3.05, 3.63) is 53.7 Å². The maximum atomic E-state index is 12.5. The minimum atomic E-state index is -4.35. The summed E-state index contributed by atoms with van der Waals surface area (Å²) in [7, 11) is 0. The fraction of sp³-hybridized carbons (Fsp3) is 0.154. The van der Waals surface area contributed by atoms with Crippen molar-refractivity contribution < 1.29 is 17.6 Å². The van der Waals surface area contributed by atoms with Crippen LogP contribution in [0.3, 0.4) is 0 Å². The summed E-state index contributed by atoms with van der Waals surface area (Å²) in [5, 5.41) is 0. The highest BCUT2D eigenvalue weighted by Gasteiger charge is 2.30. The van der Waals surface area contributed by atoms with Crippen molar-refractivity contribution in [1.29, 1.82) is 0 Å². The number of aromatic nitrogens is 1. The van der Waals surface area contributed by atoms with E-state index >= 15 is 0 Å². The highest BCUT2D eigenvalue weighted by molar-refractivity contribution is 9.10. The van der Waals surface area contributed by atoms with Crippen LogP contribution < -0.4 is 0 Å². The van der Waals surface area contributed by atoms with Crippen LogP contribution in [0.15, 0.2) is 33.4 Å². The lowest BCUT2D eigenvalue weighted by Gasteiger charge is -2.06. The Morgan fingerprint density at radius 3 is 2.35 bits per heavy atom. The molecule has 1 unspecified atom stereocenters. The molecule has 2 radical (unpaired) electrons. The molecule has 20 heavy (non-hydrogen) atoms. The SMILES string of the molecule is [CH2][CH]C(Br)c1nc(-c2ccc(C(F)(F)F)cc2)c(Br)o1. The molecule has 2 rings (SSSR count). The fourth-order valence-corrected chi connectivity index (χ4v) is 2.21. The van der Waals surface area contributed by atoms with E-state index in [4.69, 9.17) is 4.42 Å². The minimum Gasteiger partial charge on any atom is -0.432 e. The monoisotopic (exact) mass is 409 g/mol. The van der Waals surface area contributed by atoms with Gasteiger partial charge in [0.05, 0.1) is 10.4 Å². The molecule has 0 aliphatic rings. The third-order valence-corrected chi connectivity index (χ3v) is 3.83. The molecule has 0 amide bonds. The summed E-state index contributed by atoms with van der Waals surface area (Å²) < 4.78 is 43.2. The lowest BCUT2D eigenvalue weighted by Crippen LogP contribution is -2.04. The van der Waals surface area contributed by atoms with E-state index in [0.717, 1.165) is 12.1 Å². The molecule has 0 fully saturated rings. The van der Waals surface area contributed by atoms with Crippen LogP contribution in [0.4, 0.5) is 13.2 Å². The van der Waals surface area contributed by atoms with E-state index in [2.05, 4.69) is 43.8 Å². The van der Waals surface area contributed by atoms with Gasteiger partial charge in [-0.15, -0.1) is 0 Å². The van der Waals surface area contributed by atoms with Crippen LogP contribution in [0.1, 0.15) is 16.3 Å². The van der Waals surface area contributed by atoms with E-state index in [0.29, 0.717) is 21.8 Å². The van der Waals surface area contributed by atoms with Crippen molar-refractivity contribution in [3.8, 4) is 11.3 Å². The van der Waals surface area contributed by atoms with Crippen LogP contribution in [-0.2, 0) is 6.18 Å². The molecule has 1 aromatic carbocycles. The molecule has 0 spiro atoms. The average Bonchev–Trinajstić information content (AvgIpc) is 2.79. The molecule has 2 aromatic rings. The van der Waals surface area contributed by atoms with Gasteiger partial charge in [-0.05, 0) is 41.4 Å². The standard InChI is InChI=1S/C13H8Br2F3NO/c1-2-9(14)12-19-10(11(15)20-12)7-3-5-8(6-4-7)13(16,17)18/h2-6,9H,1H2. The summed E-state index contributed by atoms with van der Waals surface area (Å²) in [6.07, 6.45) is -2.76. The van der Waals surface area contributed by atoms with Gasteiger partial charge in [0.15, 0.2) is 4.67 Å². The summed E-state index contributed by atoms with van der Waals surface area (Å²) in [5.41, 5.74) is 0.272. The summed E-state index contributed by atoms with van der Waals surface area (Å²) in [6, 6.07) is 4.73. The van der Waals surface area contributed by atoms with Crippen molar-refractivity contribution >= 4 is 31.9 Å². The number of halogens is 5. The van der Waals surface area contributed by atoms with E-state index in [1.807, 2.05) is 0 Å². The molecule has 0 aliphatic carbocycles. The first-order valence-corrected chi connectivity index (χ1v) is 7.14. The fourth-order valence-electron chi connectivity index (χ4n) is 1.53. The van der Waals surface area contributed by atoms with Crippen LogP contribution >= 0.6 is 31.9 Å². The van der Waals surface area contributed by atoms with Crippen LogP contribution in [-0.4, -0.2) is 4.98 Å². The Morgan fingerprint density at radius 1 is 1.25 bits per heavy atom. The Hall–Kier alpha value is -0.820. The van der Waals surface area contributed by atoms with E-state index in [9.17, 15) is 13.2 Å². The molecule has 1 heterocycles. The highest BCUT2D eigenvalue weighted by atomic mass is 79.9. The molecule has 1 atom stereocenters. The molecule has 7 heteroatoms. The Bertz CT molecular complexity index is 593. The molecule has 0 N–H and O–H groups in total. The van der Waals surface area contributed by atoms with Gasteiger partial charge in [-0.1, -0.05) is 28.1 Å². The second-order valence-corrected chi connectivity index (χ2v) is 5.59. The Labute approximate surface area is 130 Å². The summed E-state index contributed by atoms with van der Waals surface area (Å²) >= 11 is 6.50. The topological polar surface area (TPSA) is 26.0 Å². The first kappa shape index (κ1) is 15.6. The number of alkyl halides is 4. The molecule has 1 aromatic heterocycles. The Morgan fingerprint density at radius 2 is 1.85 bits per heavy atom. The number of nitrogens with zero attached hydrogens (tertiary/aromatic N) is 1. The maximum absolute atomic E-state index is 12.5. The molecular weight excluding hydrogens is 403 g/mol. The van der Waals surface area contributed by atoms with Crippen molar-refractivity contribution in [3.63, 3.8) is 0 Å². The minimum absolute atomic E-state index is 0.262. The van der Waals surface area contributed by atoms with E-state index in [1.165, 1.54) is 12.1 Å². The number of benzene rings is 1. The van der Waals surface area contributed by atoms with Gasteiger partial charge in [-0.3, -0.25) is 0 Å². The molecule has 106 valence electrons. The van der Waals surface area contributed by atoms with Gasteiger partial charge in [0.2, 0.25) is 5.89 Å². The Kier molecular flexibility index (Phi) is 4.59. The van der Waals surface area contributed by atoms with Gasteiger partial charge in [0.25, 0.3) is 0 Å². The van der Waals surface area contributed by atoms with Gasteiger partial charge >= 0.3 is 6.18 Å². The number of rotatable bonds is 3. The average molecular weight is 411 g/mol. The predicted octanol–water partition coefficient (Wildman–Crippen LogP) is 5.60. The predicted molar refractivity (Wildman–Crippen MR) is 76.0 cm³/mol. The summed E-state index contributed by atoms with van der Waals surface area (Å²) in [6.45, 7) is 3.60. The van der Waals surface area contributed by atoms with Gasteiger partial charge < -0.3 is 4.42 Å². The summed E-state index contributed by atoms with van der Waals surface area (Å²) in [5.74, 6) is 0.377. The molecular formula is C13H8Br2F3NO. The Balaban J connectivity index is 2.35. The zero-order chi connectivity index (χ0) is 14.9. The van der Waals surface area contributed by atoms with E-state index in [1.54, 1.807) is 6.42 Å². The van der Waals surface area contributed by atoms with Gasteiger partial charge in [0.1, 0.15) is 5.69 Å². The molecule has 0 aliphatic heterocycles. The molecule has 0 saturated heterocycles. The highest BCUT2D eigenvalue weighted by Crippen LogP contribution is 2.35. The van der Waals surface area contributed by atoms with Crippen LogP contribution in [0, 0.1) is 13.3 Å². The van der Waals surface area contributed by atoms with E-state index < -0.39 is 11.7 Å². The van der Waals surface area contributed by atoms with Crippen LogP contribution in [0.2, 0.25) is 0 Å². The molecule has 2 nitrogen and oxygen atoms in total. The smallest absolute Gasteiger partial charge is 0.416 e. The second-order valence-electron chi connectivity index (χ2n) is 3.89. The summed E-state index contributed by atoms with van der Waals surface area (Å²) in [4.78, 5) is 3.97. The normalized spacial score (nSPS) is 13.5. The lowest BCUT2D eigenvalue weighted by molar-refractivity contribution is -0.137. The van der Waals surface area contributed by atoms with E-state index in [-0.39, 0.29) is 4.83 Å². The zero-order valence-electron chi connectivity index (χ0n) is 9.92. The quantitative estimate of drug-likeness (QED) is 0.615. The van der Waals surface area contributed by atoms with Gasteiger partial charge in [-0.2, -0.15) is 13.2 Å². The first-order chi connectivity index (χ1) is 9.32. The second kappa shape index (κ2) is 5.89. The van der Waals surface area contributed by atoms with Crippen molar-refractivity contribution in [2.45, 2.75) is 11.0 Å². The maximum Gasteiger partial charge on any atom is 0.416 e. The first-order valence-electron chi connectivity index (χ1n) is 5.43. The van der Waals surface area contributed by atoms with Crippen LogP contribution in [0.5, 0.6) is 0 Å². The molecule has 0 saturated carbocycles.